The van der Waals surface area contributed by atoms with Crippen LogP contribution in [0.2, 0.25) is 0 Å². The smallest absolute Gasteiger partial charge is 0.366 e. The van der Waals surface area contributed by atoms with Crippen molar-refractivity contribution in [2.24, 2.45) is 5.73 Å². The van der Waals surface area contributed by atoms with E-state index in [1.807, 2.05) is 0 Å². The summed E-state index contributed by atoms with van der Waals surface area (Å²) in [4.78, 5) is 10.8. The molecular formula is C9H22N4O5S. The lowest BCUT2D eigenvalue weighted by atomic mass is 10.2. The van der Waals surface area contributed by atoms with Crippen molar-refractivity contribution in [2.45, 2.75) is 12.7 Å². The first-order chi connectivity index (χ1) is 8.57. The van der Waals surface area contributed by atoms with Crippen LogP contribution in [0.4, 0.5) is 0 Å². The van der Waals surface area contributed by atoms with Crippen LogP contribution >= 0.6 is 0 Å². The highest BCUT2D eigenvalue weighted by molar-refractivity contribution is 7.80. The summed E-state index contributed by atoms with van der Waals surface area (Å²) in [6.07, 6.45) is 1.70. The van der Waals surface area contributed by atoms with Crippen LogP contribution in [0.5, 0.6) is 0 Å². The maximum Gasteiger partial charge on any atom is 0.397 e. The highest BCUT2D eigenvalue weighted by Gasteiger charge is 2.20. The Kier molecular flexibility index (Phi) is 9.56. The summed E-state index contributed by atoms with van der Waals surface area (Å²) in [7, 11) is 2.04. The van der Waals surface area contributed by atoms with E-state index >= 15 is 0 Å². The Morgan fingerprint density at radius 3 is 1.74 bits per heavy atom. The van der Waals surface area contributed by atoms with E-state index in [1.165, 1.54) is 0 Å². The van der Waals surface area contributed by atoms with Crippen LogP contribution in [0, 0.1) is 0 Å². The van der Waals surface area contributed by atoms with Crippen molar-refractivity contribution in [3.05, 3.63) is 11.6 Å². The van der Waals surface area contributed by atoms with Gasteiger partial charge in [-0.15, -0.1) is 0 Å². The molecular weight excluding hydrogens is 276 g/mol. The summed E-state index contributed by atoms with van der Waals surface area (Å²) in [6.45, 7) is 1.67. The molecule has 10 heteroatoms. The first-order valence-corrected chi connectivity index (χ1v) is 6.53. The van der Waals surface area contributed by atoms with Gasteiger partial charge in [-0.05, 0) is 34.1 Å². The van der Waals surface area contributed by atoms with E-state index in [2.05, 4.69) is 20.1 Å². The van der Waals surface area contributed by atoms with E-state index in [4.69, 9.17) is 10.3 Å². The number of nitrogens with two attached hydrogens (primary N) is 1. The van der Waals surface area contributed by atoms with Gasteiger partial charge in [0.1, 0.15) is 5.79 Å². The lowest BCUT2D eigenvalue weighted by Crippen LogP contribution is -2.62. The predicted octanol–water partition coefficient (Wildman–Crippen LogP) is -1.83. The van der Waals surface area contributed by atoms with Crippen LogP contribution in [-0.2, 0) is 19.4 Å². The average molecular weight is 298 g/mol. The fourth-order valence-corrected chi connectivity index (χ4v) is 0.987. The fourth-order valence-electron chi connectivity index (χ4n) is 0.987. The molecule has 0 unspecified atom stereocenters. The SMILES string of the molecule is CNC(C=C(C)C(N)=O)(NC)NC.COS(=O)(=O)O. The Labute approximate surface area is 113 Å². The minimum atomic E-state index is -4.16. The number of hydrogen-bond acceptors (Lipinski definition) is 7. The second-order valence-electron chi connectivity index (χ2n) is 3.34. The Bertz CT molecular complexity index is 395. The molecule has 0 fully saturated rings. The number of rotatable bonds is 6. The molecule has 9 nitrogen and oxygen atoms in total. The van der Waals surface area contributed by atoms with Crippen molar-refractivity contribution in [3.8, 4) is 0 Å². The number of carbonyl (C=O) groups is 1. The number of nitrogens with one attached hydrogen (secondary N) is 3. The van der Waals surface area contributed by atoms with Gasteiger partial charge in [0.15, 0.2) is 0 Å². The van der Waals surface area contributed by atoms with Crippen LogP contribution in [0.25, 0.3) is 0 Å². The van der Waals surface area contributed by atoms with Crippen LogP contribution in [-0.4, -0.2) is 52.9 Å². The van der Waals surface area contributed by atoms with E-state index < -0.39 is 22.1 Å². The van der Waals surface area contributed by atoms with E-state index in [0.717, 1.165) is 7.11 Å². The minimum absolute atomic E-state index is 0.426. The van der Waals surface area contributed by atoms with Gasteiger partial charge in [0.2, 0.25) is 5.91 Å². The normalized spacial score (nSPS) is 12.6. The molecule has 0 atom stereocenters. The molecule has 0 aromatic heterocycles. The van der Waals surface area contributed by atoms with Gasteiger partial charge in [0.05, 0.1) is 7.11 Å². The molecule has 1 amide bonds. The highest BCUT2D eigenvalue weighted by Crippen LogP contribution is 2.00. The largest absolute Gasteiger partial charge is 0.397 e. The zero-order valence-corrected chi connectivity index (χ0v) is 12.5. The van der Waals surface area contributed by atoms with Gasteiger partial charge in [0.25, 0.3) is 0 Å². The van der Waals surface area contributed by atoms with Crippen molar-refractivity contribution in [1.29, 1.82) is 0 Å². The molecule has 0 heterocycles. The number of primary amides is 1. The lowest BCUT2D eigenvalue weighted by molar-refractivity contribution is -0.114. The standard InChI is InChI=1S/C8H18N4O.CH4O4S/c1-6(7(9)13)5-8(10-2,11-3)12-4;1-5-6(2,3)4/h5,10-12H,1-4H3,(H2,9,13);1H3,(H,2,3,4). The number of hydrogen-bond donors (Lipinski definition) is 5. The third-order valence-electron chi connectivity index (χ3n) is 2.22. The first kappa shape index (κ1) is 20.3. The second kappa shape index (κ2) is 8.96. The summed E-state index contributed by atoms with van der Waals surface area (Å²) in [5, 5.41) is 8.98. The van der Waals surface area contributed by atoms with E-state index in [-0.39, 0.29) is 0 Å². The zero-order chi connectivity index (χ0) is 15.7. The molecule has 0 aliphatic carbocycles. The van der Waals surface area contributed by atoms with Gasteiger partial charge in [-0.1, -0.05) is 0 Å². The molecule has 0 aliphatic heterocycles. The Morgan fingerprint density at radius 2 is 1.58 bits per heavy atom. The Morgan fingerprint density at radius 1 is 1.26 bits per heavy atom. The van der Waals surface area contributed by atoms with Gasteiger partial charge in [0, 0.05) is 5.57 Å². The van der Waals surface area contributed by atoms with Gasteiger partial charge >= 0.3 is 10.4 Å². The zero-order valence-electron chi connectivity index (χ0n) is 11.6. The number of carbonyl (C=O) groups excluding carboxylic acids is 1. The van der Waals surface area contributed by atoms with E-state index in [9.17, 15) is 13.2 Å². The Balaban J connectivity index is 0. The molecule has 0 rings (SSSR count). The molecule has 19 heavy (non-hydrogen) atoms. The molecule has 6 N–H and O–H groups in total. The van der Waals surface area contributed by atoms with Crippen LogP contribution in [0.15, 0.2) is 11.6 Å². The molecule has 114 valence electrons. The summed E-state index contributed by atoms with van der Waals surface area (Å²) >= 11 is 0. The molecule has 0 aliphatic rings. The molecule has 0 aromatic rings. The van der Waals surface area contributed by atoms with Crippen LogP contribution in [0.3, 0.4) is 0 Å². The van der Waals surface area contributed by atoms with Gasteiger partial charge < -0.3 is 5.73 Å². The number of amides is 1. The number of likely N-dealkylation sites (N-methyl/N-ethyl adjacent to an activating group) is 3. The van der Waals surface area contributed by atoms with Crippen LogP contribution in [0.1, 0.15) is 6.92 Å². The monoisotopic (exact) mass is 298 g/mol. The third-order valence-corrected chi connectivity index (χ3v) is 2.64. The van der Waals surface area contributed by atoms with E-state index in [0.29, 0.717) is 5.57 Å². The first-order valence-electron chi connectivity index (χ1n) is 5.16. The van der Waals surface area contributed by atoms with E-state index in [1.54, 1.807) is 34.1 Å². The molecule has 0 saturated carbocycles. The Hall–Kier alpha value is -1.04. The molecule has 0 radical (unpaired) electrons. The highest BCUT2D eigenvalue weighted by atomic mass is 32.3. The molecule has 0 spiro atoms. The molecule has 0 aromatic carbocycles. The minimum Gasteiger partial charge on any atom is -0.366 e. The molecule has 0 bridgehead atoms. The van der Waals surface area contributed by atoms with Crippen molar-refractivity contribution >= 4 is 16.3 Å². The van der Waals surface area contributed by atoms with Gasteiger partial charge in [-0.2, -0.15) is 8.42 Å². The quantitative estimate of drug-likeness (QED) is 0.219. The topological polar surface area (TPSA) is 143 Å². The van der Waals surface area contributed by atoms with Crippen LogP contribution < -0.4 is 21.7 Å². The maximum atomic E-state index is 10.8. The maximum absolute atomic E-state index is 10.8. The third kappa shape index (κ3) is 9.53. The second-order valence-corrected chi connectivity index (χ2v) is 4.53. The molecule has 0 saturated heterocycles. The van der Waals surface area contributed by atoms with Gasteiger partial charge in [-0.3, -0.25) is 29.5 Å². The summed E-state index contributed by atoms with van der Waals surface area (Å²) in [5.74, 6) is -1.01. The lowest BCUT2D eigenvalue weighted by Gasteiger charge is -2.29. The van der Waals surface area contributed by atoms with Crippen molar-refractivity contribution in [2.75, 3.05) is 28.3 Å². The summed E-state index contributed by atoms with van der Waals surface area (Å²) in [5.41, 5.74) is 5.61. The van der Waals surface area contributed by atoms with Crippen molar-refractivity contribution < 1.29 is 21.9 Å². The van der Waals surface area contributed by atoms with Crippen molar-refractivity contribution in [3.63, 3.8) is 0 Å². The van der Waals surface area contributed by atoms with Gasteiger partial charge in [-0.25, -0.2) is 0 Å². The summed E-state index contributed by atoms with van der Waals surface area (Å²) in [6, 6.07) is 0. The van der Waals surface area contributed by atoms with Crippen molar-refractivity contribution in [1.82, 2.24) is 16.0 Å². The predicted molar refractivity (Wildman–Crippen MR) is 71.4 cm³/mol. The summed E-state index contributed by atoms with van der Waals surface area (Å²) < 4.78 is 29.7. The average Bonchev–Trinajstić information content (AvgIpc) is 2.35. The fraction of sp³-hybridized carbons (Fsp3) is 0.667.